The molecule has 0 bridgehead atoms. The molecule has 1 fully saturated rings. The normalized spacial score (nSPS) is 16.5. The van der Waals surface area contributed by atoms with Gasteiger partial charge in [-0.2, -0.15) is 0 Å². The van der Waals surface area contributed by atoms with Gasteiger partial charge < -0.3 is 18.9 Å². The van der Waals surface area contributed by atoms with Crippen LogP contribution in [0.1, 0.15) is 41.9 Å². The smallest absolute Gasteiger partial charge is 0.271 e. The van der Waals surface area contributed by atoms with Crippen LogP contribution in [0.15, 0.2) is 48.5 Å². The highest BCUT2D eigenvalue weighted by molar-refractivity contribution is 5.99. The number of aromatic nitrogens is 1. The summed E-state index contributed by atoms with van der Waals surface area (Å²) < 4.78 is 13.0. The highest BCUT2D eigenvalue weighted by Gasteiger charge is 2.34. The van der Waals surface area contributed by atoms with Crippen molar-refractivity contribution in [1.82, 2.24) is 9.47 Å². The molecule has 1 saturated heterocycles. The number of hydrogen-bond acceptors (Lipinski definition) is 3. The van der Waals surface area contributed by atoms with Crippen LogP contribution in [0.25, 0.3) is 10.9 Å². The molecule has 5 heteroatoms. The first-order valence-electron chi connectivity index (χ1n) is 9.79. The number of para-hydroxylation sites is 1. The van der Waals surface area contributed by atoms with Crippen molar-refractivity contribution in [2.24, 2.45) is 0 Å². The average Bonchev–Trinajstić information content (AvgIpc) is 3.37. The number of benzene rings is 2. The first kappa shape index (κ1) is 18.4. The number of rotatable bonds is 5. The zero-order valence-electron chi connectivity index (χ0n) is 16.6. The second-order valence-corrected chi connectivity index (χ2v) is 7.10. The van der Waals surface area contributed by atoms with Crippen molar-refractivity contribution in [2.45, 2.75) is 32.4 Å². The predicted octanol–water partition coefficient (Wildman–Crippen LogP) is 4.66. The molecule has 1 amide bonds. The molecule has 1 aromatic heterocycles. The van der Waals surface area contributed by atoms with Gasteiger partial charge in [0.25, 0.3) is 5.91 Å². The first-order valence-corrected chi connectivity index (χ1v) is 9.79. The van der Waals surface area contributed by atoms with E-state index in [9.17, 15) is 4.79 Å². The van der Waals surface area contributed by atoms with Crippen LogP contribution in [0.5, 0.6) is 11.5 Å². The molecule has 0 radical (unpaired) electrons. The second kappa shape index (κ2) is 7.58. The second-order valence-electron chi connectivity index (χ2n) is 7.10. The predicted molar refractivity (Wildman–Crippen MR) is 110 cm³/mol. The minimum absolute atomic E-state index is 0.0108. The number of ether oxygens (including phenoxy) is 2. The zero-order valence-corrected chi connectivity index (χ0v) is 16.6. The summed E-state index contributed by atoms with van der Waals surface area (Å²) in [6, 6.07) is 16.0. The molecule has 0 saturated carbocycles. The molecule has 2 heterocycles. The lowest BCUT2D eigenvalue weighted by Crippen LogP contribution is -2.32. The number of amides is 1. The lowest BCUT2D eigenvalue weighted by Gasteiger charge is -2.27. The van der Waals surface area contributed by atoms with E-state index in [1.54, 1.807) is 14.2 Å². The lowest BCUT2D eigenvalue weighted by atomic mass is 10.0. The number of nitrogens with zero attached hydrogens (tertiary/aromatic N) is 2. The molecule has 28 heavy (non-hydrogen) atoms. The SMILES string of the molecule is CCn1c(C(=O)N2CCCC2c2ccc(OC)cc2OC)cc2ccccc21. The van der Waals surface area contributed by atoms with Crippen molar-refractivity contribution in [3.63, 3.8) is 0 Å². The molecule has 5 nitrogen and oxygen atoms in total. The number of carbonyl (C=O) groups is 1. The van der Waals surface area contributed by atoms with Gasteiger partial charge in [-0.15, -0.1) is 0 Å². The Kier molecular flexibility index (Phi) is 4.99. The Hall–Kier alpha value is -2.95. The Labute approximate surface area is 165 Å². The van der Waals surface area contributed by atoms with Crippen LogP contribution < -0.4 is 9.47 Å². The topological polar surface area (TPSA) is 43.7 Å². The maximum absolute atomic E-state index is 13.5. The summed E-state index contributed by atoms with van der Waals surface area (Å²) in [6.45, 7) is 3.60. The van der Waals surface area contributed by atoms with Crippen LogP contribution in [0, 0.1) is 0 Å². The van der Waals surface area contributed by atoms with E-state index < -0.39 is 0 Å². The van der Waals surface area contributed by atoms with Gasteiger partial charge in [0.1, 0.15) is 17.2 Å². The van der Waals surface area contributed by atoms with Crippen molar-refractivity contribution in [3.8, 4) is 11.5 Å². The lowest BCUT2D eigenvalue weighted by molar-refractivity contribution is 0.0724. The standard InChI is InChI=1S/C23H26N2O3/c1-4-24-19-9-6-5-8-16(19)14-21(24)23(26)25-13-7-10-20(25)18-12-11-17(27-2)15-22(18)28-3/h5-6,8-9,11-12,14-15,20H,4,7,10,13H2,1-3H3. The largest absolute Gasteiger partial charge is 0.497 e. The maximum atomic E-state index is 13.5. The number of hydrogen-bond donors (Lipinski definition) is 0. The van der Waals surface area contributed by atoms with Crippen molar-refractivity contribution >= 4 is 16.8 Å². The summed E-state index contributed by atoms with van der Waals surface area (Å²) in [4.78, 5) is 15.5. The highest BCUT2D eigenvalue weighted by atomic mass is 16.5. The third kappa shape index (κ3) is 3.01. The molecule has 0 N–H and O–H groups in total. The van der Waals surface area contributed by atoms with Gasteiger partial charge in [0.05, 0.1) is 20.3 Å². The molecule has 4 rings (SSSR count). The Balaban J connectivity index is 1.72. The van der Waals surface area contributed by atoms with Crippen molar-refractivity contribution in [3.05, 3.63) is 59.8 Å². The highest BCUT2D eigenvalue weighted by Crippen LogP contribution is 2.39. The molecule has 1 atom stereocenters. The molecular formula is C23H26N2O3. The van der Waals surface area contributed by atoms with E-state index in [4.69, 9.17) is 9.47 Å². The maximum Gasteiger partial charge on any atom is 0.271 e. The van der Waals surface area contributed by atoms with E-state index in [1.165, 1.54) is 0 Å². The molecule has 1 aliphatic rings. The van der Waals surface area contributed by atoms with Crippen LogP contribution in [-0.4, -0.2) is 36.1 Å². The quantitative estimate of drug-likeness (QED) is 0.649. The van der Waals surface area contributed by atoms with Gasteiger partial charge in [-0.3, -0.25) is 4.79 Å². The molecular weight excluding hydrogens is 352 g/mol. The van der Waals surface area contributed by atoms with Gasteiger partial charge in [-0.05, 0) is 44.0 Å². The van der Waals surface area contributed by atoms with Crippen LogP contribution in [0.3, 0.4) is 0 Å². The molecule has 2 aromatic carbocycles. The number of likely N-dealkylation sites (tertiary alicyclic amines) is 1. The third-order valence-corrected chi connectivity index (χ3v) is 5.66. The molecule has 0 spiro atoms. The fourth-order valence-corrected chi connectivity index (χ4v) is 4.30. The molecule has 146 valence electrons. The Morgan fingerprint density at radius 3 is 2.68 bits per heavy atom. The van der Waals surface area contributed by atoms with Crippen molar-refractivity contribution < 1.29 is 14.3 Å². The molecule has 3 aromatic rings. The first-order chi connectivity index (χ1) is 13.7. The van der Waals surface area contributed by atoms with Gasteiger partial charge >= 0.3 is 0 Å². The van der Waals surface area contributed by atoms with Crippen LogP contribution in [0.2, 0.25) is 0 Å². The van der Waals surface area contributed by atoms with E-state index in [2.05, 4.69) is 23.6 Å². The summed E-state index contributed by atoms with van der Waals surface area (Å²) in [5.41, 5.74) is 2.89. The summed E-state index contributed by atoms with van der Waals surface area (Å²) in [5, 5.41) is 1.10. The fraction of sp³-hybridized carbons (Fsp3) is 0.348. The van der Waals surface area contributed by atoms with Crippen LogP contribution in [-0.2, 0) is 6.54 Å². The molecule has 1 aliphatic heterocycles. The monoisotopic (exact) mass is 378 g/mol. The van der Waals surface area contributed by atoms with Gasteiger partial charge in [-0.1, -0.05) is 18.2 Å². The Morgan fingerprint density at radius 2 is 1.93 bits per heavy atom. The fourth-order valence-electron chi connectivity index (χ4n) is 4.30. The van der Waals surface area contributed by atoms with Crippen molar-refractivity contribution in [1.29, 1.82) is 0 Å². The van der Waals surface area contributed by atoms with Crippen LogP contribution in [0.4, 0.5) is 0 Å². The van der Waals surface area contributed by atoms with E-state index in [0.717, 1.165) is 59.6 Å². The van der Waals surface area contributed by atoms with Gasteiger partial charge in [0.2, 0.25) is 0 Å². The summed E-state index contributed by atoms with van der Waals surface area (Å²) in [5.74, 6) is 1.60. The van der Waals surface area contributed by atoms with Gasteiger partial charge in [0.15, 0.2) is 0 Å². The molecule has 0 aliphatic carbocycles. The van der Waals surface area contributed by atoms with Gasteiger partial charge in [-0.25, -0.2) is 0 Å². The van der Waals surface area contributed by atoms with E-state index in [0.29, 0.717) is 0 Å². The van der Waals surface area contributed by atoms with Gasteiger partial charge in [0, 0.05) is 35.6 Å². The van der Waals surface area contributed by atoms with Crippen LogP contribution >= 0.6 is 0 Å². The van der Waals surface area contributed by atoms with E-state index >= 15 is 0 Å². The summed E-state index contributed by atoms with van der Waals surface area (Å²) >= 11 is 0. The Morgan fingerprint density at radius 1 is 1.11 bits per heavy atom. The zero-order chi connectivity index (χ0) is 19.7. The third-order valence-electron chi connectivity index (χ3n) is 5.66. The minimum Gasteiger partial charge on any atom is -0.497 e. The van der Waals surface area contributed by atoms with E-state index in [1.807, 2.05) is 41.3 Å². The minimum atomic E-state index is 0.0108. The average molecular weight is 378 g/mol. The summed E-state index contributed by atoms with van der Waals surface area (Å²) in [6.07, 6.45) is 1.92. The molecule has 1 unspecified atom stereocenters. The number of carbonyl (C=O) groups excluding carboxylic acids is 1. The Bertz CT molecular complexity index is 1010. The van der Waals surface area contributed by atoms with Crippen molar-refractivity contribution in [2.75, 3.05) is 20.8 Å². The number of fused-ring (bicyclic) bond motifs is 1. The summed E-state index contributed by atoms with van der Waals surface area (Å²) in [7, 11) is 3.30. The van der Waals surface area contributed by atoms with E-state index in [-0.39, 0.29) is 11.9 Å². The number of aryl methyl sites for hydroxylation is 1. The number of methoxy groups -OCH3 is 2.